The van der Waals surface area contributed by atoms with Crippen LogP contribution in [0.5, 0.6) is 0 Å². The van der Waals surface area contributed by atoms with E-state index in [1.807, 2.05) is 20.8 Å². The summed E-state index contributed by atoms with van der Waals surface area (Å²) in [4.78, 5) is 1.13. The molecule has 1 aromatic heterocycles. The summed E-state index contributed by atoms with van der Waals surface area (Å²) in [5, 5.41) is 9.71. The van der Waals surface area contributed by atoms with Gasteiger partial charge in [0.15, 0.2) is 0 Å². The van der Waals surface area contributed by atoms with Gasteiger partial charge in [-0.2, -0.15) is 0 Å². The Morgan fingerprint density at radius 2 is 1.67 bits per heavy atom. The quantitative estimate of drug-likeness (QED) is 0.481. The number of aryl methyl sites for hydroxylation is 4. The molecule has 0 spiro atoms. The molecule has 0 fully saturated rings. The van der Waals surface area contributed by atoms with Crippen molar-refractivity contribution in [1.29, 1.82) is 0 Å². The molecular formula is C16H24N2O4S2. The van der Waals surface area contributed by atoms with Crippen molar-refractivity contribution in [3.05, 3.63) is 44.4 Å². The predicted octanol–water partition coefficient (Wildman–Crippen LogP) is 1.42. The van der Waals surface area contributed by atoms with Crippen LogP contribution in [0.1, 0.15) is 32.3 Å². The van der Waals surface area contributed by atoms with Gasteiger partial charge >= 0.3 is 0 Å². The van der Waals surface area contributed by atoms with Gasteiger partial charge in [0.05, 0.1) is 22.8 Å². The summed E-state index contributed by atoms with van der Waals surface area (Å²) in [6, 6.07) is 3.38. The molecule has 0 unspecified atom stereocenters. The highest BCUT2D eigenvalue weighted by Crippen LogP contribution is 2.20. The monoisotopic (exact) mass is 372 g/mol. The molecule has 1 aromatic carbocycles. The van der Waals surface area contributed by atoms with Gasteiger partial charge in [0, 0.05) is 6.92 Å². The Morgan fingerprint density at radius 3 is 2.00 bits per heavy atom. The lowest BCUT2D eigenvalue weighted by Crippen LogP contribution is -2.48. The number of thiazole rings is 1. The van der Waals surface area contributed by atoms with Crippen molar-refractivity contribution in [2.24, 2.45) is 0 Å². The highest BCUT2D eigenvalue weighted by atomic mass is 32.2. The molecule has 0 saturated heterocycles. The molecule has 6 nitrogen and oxygen atoms in total. The highest BCUT2D eigenvalue weighted by Gasteiger charge is 2.17. The molecule has 0 aliphatic heterocycles. The largest absolute Gasteiger partial charge is 0.744 e. The Kier molecular flexibility index (Phi) is 6.91. The number of nitrogen functional groups attached to an aromatic ring is 1. The van der Waals surface area contributed by atoms with Gasteiger partial charge in [-0.05, 0) is 38.8 Å². The van der Waals surface area contributed by atoms with E-state index in [9.17, 15) is 13.0 Å². The standard InChI is InChI=1S/C9H12O3S.C7H13N2OS/c1-6-4-7(2)9(8(3)5-6)13(10,11)12;1-5-6(2)11-7(3-4-10)9(5)8/h4-5H,1-3H3,(H,10,11,12);10H,3-4,8H2,1-2H3/q;+1/p-1. The summed E-state index contributed by atoms with van der Waals surface area (Å²) in [6.45, 7) is 9.30. The van der Waals surface area contributed by atoms with E-state index in [0.717, 1.165) is 16.3 Å². The number of aromatic nitrogens is 1. The number of benzene rings is 1. The average molecular weight is 373 g/mol. The number of nitrogens with two attached hydrogens (primary N) is 1. The minimum absolute atomic E-state index is 0.0851. The maximum Gasteiger partial charge on any atom is 0.269 e. The molecule has 0 aliphatic carbocycles. The van der Waals surface area contributed by atoms with Gasteiger partial charge < -0.3 is 9.66 Å². The molecule has 3 N–H and O–H groups in total. The van der Waals surface area contributed by atoms with Gasteiger partial charge in [-0.1, -0.05) is 33.7 Å². The minimum atomic E-state index is -4.33. The van der Waals surface area contributed by atoms with Crippen LogP contribution in [0.25, 0.3) is 0 Å². The van der Waals surface area contributed by atoms with Crippen LogP contribution in [0.2, 0.25) is 0 Å². The van der Waals surface area contributed by atoms with Crippen LogP contribution < -0.4 is 10.5 Å². The first kappa shape index (κ1) is 20.6. The summed E-state index contributed by atoms with van der Waals surface area (Å²) < 4.78 is 34.1. The molecule has 0 radical (unpaired) electrons. The summed E-state index contributed by atoms with van der Waals surface area (Å²) in [7, 11) is -4.33. The smallest absolute Gasteiger partial charge is 0.269 e. The van der Waals surface area contributed by atoms with E-state index >= 15 is 0 Å². The Hall–Kier alpha value is -1.48. The second kappa shape index (κ2) is 8.06. The lowest BCUT2D eigenvalue weighted by atomic mass is 10.1. The molecule has 2 aromatic rings. The van der Waals surface area contributed by atoms with Gasteiger partial charge in [-0.25, -0.2) is 14.3 Å². The number of hydrogen-bond acceptors (Lipinski definition) is 6. The van der Waals surface area contributed by atoms with Crippen LogP contribution in [0.3, 0.4) is 0 Å². The van der Waals surface area contributed by atoms with Crippen molar-refractivity contribution < 1.29 is 22.8 Å². The molecule has 0 atom stereocenters. The normalized spacial score (nSPS) is 11.1. The zero-order chi connectivity index (χ0) is 18.7. The molecule has 134 valence electrons. The fourth-order valence-corrected chi connectivity index (χ4v) is 4.42. The van der Waals surface area contributed by atoms with Gasteiger partial charge in [0.25, 0.3) is 5.01 Å². The average Bonchev–Trinajstić information content (AvgIpc) is 2.65. The highest BCUT2D eigenvalue weighted by molar-refractivity contribution is 7.85. The van der Waals surface area contributed by atoms with Crippen LogP contribution in [-0.4, -0.2) is 24.7 Å². The molecule has 8 heteroatoms. The van der Waals surface area contributed by atoms with E-state index in [1.165, 1.54) is 4.88 Å². The fraction of sp³-hybridized carbons (Fsp3) is 0.438. The Bertz CT molecular complexity index is 804. The van der Waals surface area contributed by atoms with Crippen molar-refractivity contribution in [3.63, 3.8) is 0 Å². The summed E-state index contributed by atoms with van der Waals surface area (Å²) in [6.07, 6.45) is 0.649. The number of rotatable bonds is 3. The van der Waals surface area contributed by atoms with Crippen LogP contribution in [-0.2, 0) is 16.5 Å². The van der Waals surface area contributed by atoms with Gasteiger partial charge in [-0.3, -0.25) is 0 Å². The molecule has 0 bridgehead atoms. The SMILES string of the molecule is Cc1cc(C)c(S(=O)(=O)[O-])c(C)c1.Cc1sc(CCO)[n+](N)c1C. The number of hydrogen-bond donors (Lipinski definition) is 2. The maximum absolute atomic E-state index is 10.8. The maximum atomic E-state index is 10.8. The molecule has 2 rings (SSSR count). The van der Waals surface area contributed by atoms with E-state index in [1.54, 1.807) is 42.0 Å². The first-order valence-corrected chi connectivity index (χ1v) is 9.62. The van der Waals surface area contributed by atoms with E-state index in [0.29, 0.717) is 17.5 Å². The number of nitrogens with zero attached hydrogens (tertiary/aromatic N) is 1. The lowest BCUT2D eigenvalue weighted by Gasteiger charge is -2.14. The van der Waals surface area contributed by atoms with Crippen LogP contribution in [0.15, 0.2) is 17.0 Å². The van der Waals surface area contributed by atoms with Crippen molar-refractivity contribution in [2.45, 2.75) is 45.9 Å². The first-order chi connectivity index (χ1) is 11.0. The summed E-state index contributed by atoms with van der Waals surface area (Å²) >= 11 is 1.64. The van der Waals surface area contributed by atoms with E-state index < -0.39 is 10.1 Å². The zero-order valence-corrected chi connectivity index (χ0v) is 16.2. The van der Waals surface area contributed by atoms with Crippen molar-refractivity contribution in [2.75, 3.05) is 12.4 Å². The van der Waals surface area contributed by atoms with Crippen LogP contribution >= 0.6 is 11.3 Å². The molecule has 1 heterocycles. The van der Waals surface area contributed by atoms with Crippen molar-refractivity contribution >= 4 is 21.5 Å². The second-order valence-electron chi connectivity index (χ2n) is 5.66. The number of aliphatic hydroxyl groups excluding tert-OH is 1. The van der Waals surface area contributed by atoms with Crippen LogP contribution in [0, 0.1) is 34.6 Å². The van der Waals surface area contributed by atoms with E-state index in [4.69, 9.17) is 10.9 Å². The van der Waals surface area contributed by atoms with Crippen molar-refractivity contribution in [3.8, 4) is 0 Å². The summed E-state index contributed by atoms with van der Waals surface area (Å²) in [5.74, 6) is 5.71. The minimum Gasteiger partial charge on any atom is -0.744 e. The number of aliphatic hydroxyl groups is 1. The Balaban J connectivity index is 0.000000243. The first-order valence-electron chi connectivity index (χ1n) is 7.39. The third kappa shape index (κ3) is 5.01. The molecule has 0 amide bonds. The van der Waals surface area contributed by atoms with Gasteiger partial charge in [0.1, 0.15) is 10.1 Å². The Morgan fingerprint density at radius 1 is 1.17 bits per heavy atom. The molecular weight excluding hydrogens is 348 g/mol. The predicted molar refractivity (Wildman–Crippen MR) is 93.5 cm³/mol. The molecule has 24 heavy (non-hydrogen) atoms. The Labute approximate surface area is 147 Å². The topological polar surface area (TPSA) is 107 Å². The van der Waals surface area contributed by atoms with Crippen LogP contribution in [0.4, 0.5) is 0 Å². The van der Waals surface area contributed by atoms with E-state index in [2.05, 4.69) is 0 Å². The van der Waals surface area contributed by atoms with Gasteiger partial charge in [-0.15, -0.1) is 0 Å². The van der Waals surface area contributed by atoms with Gasteiger partial charge in [0.2, 0.25) is 5.69 Å². The third-order valence-corrected chi connectivity index (χ3v) is 5.97. The third-order valence-electron chi connectivity index (χ3n) is 3.59. The van der Waals surface area contributed by atoms with E-state index in [-0.39, 0.29) is 11.5 Å². The molecule has 0 aliphatic rings. The lowest BCUT2D eigenvalue weighted by molar-refractivity contribution is -0.648. The van der Waals surface area contributed by atoms with Crippen molar-refractivity contribution in [1.82, 2.24) is 0 Å². The summed E-state index contributed by atoms with van der Waals surface area (Å²) in [5.41, 5.74) is 3.08. The zero-order valence-electron chi connectivity index (χ0n) is 14.6. The fourth-order valence-electron chi connectivity index (χ4n) is 2.48. The second-order valence-corrected chi connectivity index (χ2v) is 8.27. The molecule has 0 saturated carbocycles.